The van der Waals surface area contributed by atoms with Crippen LogP contribution in [0.15, 0.2) is 0 Å². The minimum Gasteiger partial charge on any atom is -0.871 e. The van der Waals surface area contributed by atoms with Gasteiger partial charge in [-0.2, -0.15) is 0 Å². The zero-order valence-corrected chi connectivity index (χ0v) is 32.2. The van der Waals surface area contributed by atoms with E-state index in [-0.39, 0.29) is 0 Å². The molecular weight excluding hydrogens is 543 g/mol. The largest absolute Gasteiger partial charge is 0.871 e. The molecular formula is C38H85BN2O3. The molecule has 6 heteroatoms. The molecule has 44 heavy (non-hydrogen) atoms. The highest BCUT2D eigenvalue weighted by Gasteiger charge is 2.25. The molecule has 0 bridgehead atoms. The molecule has 0 heterocycles. The van der Waals surface area contributed by atoms with E-state index < -0.39 is 7.32 Å². The zero-order chi connectivity index (χ0) is 33.8. The average Bonchev–Trinajstić information content (AvgIpc) is 3.03. The van der Waals surface area contributed by atoms with E-state index in [0.717, 1.165) is 25.7 Å². The lowest BCUT2D eigenvalue weighted by atomic mass is 10.1. The lowest BCUT2D eigenvalue weighted by Gasteiger charge is -2.39. The Morgan fingerprint density at radius 2 is 0.568 bits per heavy atom. The van der Waals surface area contributed by atoms with Gasteiger partial charge < -0.3 is 23.7 Å². The van der Waals surface area contributed by atoms with Gasteiger partial charge in [0.05, 0.1) is 59.7 Å². The van der Waals surface area contributed by atoms with Crippen LogP contribution < -0.4 is 10.0 Å². The minimum absolute atomic E-state index is 0.317. The third-order valence-electron chi connectivity index (χ3n) is 9.14. The average molecular weight is 629 g/mol. The van der Waals surface area contributed by atoms with Crippen LogP contribution in [0.3, 0.4) is 0 Å². The first-order valence-corrected chi connectivity index (χ1v) is 19.9. The first kappa shape index (κ1) is 48.3. The predicted octanol–water partition coefficient (Wildman–Crippen LogP) is 9.30. The zero-order valence-electron chi connectivity index (χ0n) is 32.2. The molecule has 5 nitrogen and oxygen atoms in total. The molecule has 0 saturated heterocycles. The Bertz CT molecular complexity index is 411. The summed E-state index contributed by atoms with van der Waals surface area (Å²) < 4.78 is 7.12. The fraction of sp³-hybridized carbons (Fsp3) is 1.00. The quantitative estimate of drug-likeness (QED) is 0.0453. The van der Waals surface area contributed by atoms with Crippen molar-refractivity contribution in [2.24, 2.45) is 0 Å². The van der Waals surface area contributed by atoms with Gasteiger partial charge in [0.1, 0.15) is 0 Å². The van der Waals surface area contributed by atoms with Crippen LogP contribution in [0, 0.1) is 0 Å². The van der Waals surface area contributed by atoms with E-state index >= 15 is 0 Å². The topological polar surface area (TPSA) is 55.3 Å². The Hall–Kier alpha value is -0.135. The SMILES string of the molecule is CCCCCCOB([O-])[O-].CCCC[N+](CCCC)(CCCC)CCCC.CCCC[N+](CCCC)(CCCC)CCCC. The van der Waals surface area contributed by atoms with E-state index in [1.165, 1.54) is 164 Å². The summed E-state index contributed by atoms with van der Waals surface area (Å²) in [4.78, 5) is 0. The van der Waals surface area contributed by atoms with Gasteiger partial charge in [0, 0.05) is 6.61 Å². The van der Waals surface area contributed by atoms with E-state index in [0.29, 0.717) is 6.61 Å². The summed E-state index contributed by atoms with van der Waals surface area (Å²) in [6.07, 6.45) is 26.3. The Kier molecular flexibility index (Phi) is 40.9. The van der Waals surface area contributed by atoms with Gasteiger partial charge in [-0.05, 0) is 57.8 Å². The highest BCUT2D eigenvalue weighted by atomic mass is 16.6. The molecule has 0 aromatic rings. The molecule has 0 amide bonds. The minimum atomic E-state index is -2.10. The van der Waals surface area contributed by atoms with Gasteiger partial charge in [-0.15, -0.1) is 0 Å². The van der Waals surface area contributed by atoms with Crippen LogP contribution in [0.1, 0.15) is 191 Å². The summed E-state index contributed by atoms with van der Waals surface area (Å²) in [6.45, 7) is 32.5. The van der Waals surface area contributed by atoms with Crippen molar-refractivity contribution in [2.75, 3.05) is 59.0 Å². The van der Waals surface area contributed by atoms with Crippen molar-refractivity contribution in [2.45, 2.75) is 191 Å². The molecule has 268 valence electrons. The van der Waals surface area contributed by atoms with Gasteiger partial charge in [0.2, 0.25) is 0 Å². The van der Waals surface area contributed by atoms with Crippen molar-refractivity contribution in [1.82, 2.24) is 0 Å². The maximum Gasteiger partial charge on any atom is 0.0786 e. The summed E-state index contributed by atoms with van der Waals surface area (Å²) >= 11 is 0. The van der Waals surface area contributed by atoms with E-state index in [4.69, 9.17) is 0 Å². The van der Waals surface area contributed by atoms with E-state index in [9.17, 15) is 10.0 Å². The smallest absolute Gasteiger partial charge is 0.0786 e. The van der Waals surface area contributed by atoms with Gasteiger partial charge in [-0.25, -0.2) is 0 Å². The maximum absolute atomic E-state index is 9.78. The van der Waals surface area contributed by atoms with Gasteiger partial charge in [0.25, 0.3) is 0 Å². The van der Waals surface area contributed by atoms with Crippen molar-refractivity contribution in [1.29, 1.82) is 0 Å². The van der Waals surface area contributed by atoms with Crippen LogP contribution in [0.2, 0.25) is 0 Å². The first-order chi connectivity index (χ1) is 21.3. The molecule has 0 radical (unpaired) electrons. The fourth-order valence-corrected chi connectivity index (χ4v) is 6.00. The highest BCUT2D eigenvalue weighted by Crippen LogP contribution is 2.17. The maximum atomic E-state index is 9.78. The second kappa shape index (κ2) is 37.3. The number of rotatable bonds is 30. The van der Waals surface area contributed by atoms with Crippen molar-refractivity contribution >= 4 is 7.32 Å². The Morgan fingerprint density at radius 3 is 0.750 bits per heavy atom. The van der Waals surface area contributed by atoms with Crippen LogP contribution in [-0.4, -0.2) is 75.3 Å². The van der Waals surface area contributed by atoms with Crippen LogP contribution in [-0.2, 0) is 4.65 Å². The monoisotopic (exact) mass is 629 g/mol. The van der Waals surface area contributed by atoms with E-state index in [2.05, 4.69) is 67.0 Å². The molecule has 0 aliphatic carbocycles. The van der Waals surface area contributed by atoms with Gasteiger partial charge >= 0.3 is 0 Å². The molecule has 0 unspecified atom stereocenters. The summed E-state index contributed by atoms with van der Waals surface area (Å²) in [7, 11) is -2.10. The van der Waals surface area contributed by atoms with Crippen LogP contribution in [0.5, 0.6) is 0 Å². The predicted molar refractivity (Wildman–Crippen MR) is 195 cm³/mol. The van der Waals surface area contributed by atoms with Crippen molar-refractivity contribution in [3.05, 3.63) is 0 Å². The molecule has 0 rings (SSSR count). The molecule has 0 spiro atoms. The second-order valence-corrected chi connectivity index (χ2v) is 13.5. The molecule has 0 aliphatic heterocycles. The molecule has 0 atom stereocenters. The molecule has 0 fully saturated rings. The Morgan fingerprint density at radius 1 is 0.341 bits per heavy atom. The number of unbranched alkanes of at least 4 members (excludes halogenated alkanes) is 11. The lowest BCUT2D eigenvalue weighted by molar-refractivity contribution is -0.929. The number of nitrogens with zero attached hydrogens (tertiary/aromatic N) is 2. The second-order valence-electron chi connectivity index (χ2n) is 13.5. The number of hydrogen-bond donors (Lipinski definition) is 0. The molecule has 0 aliphatic rings. The summed E-state index contributed by atoms with van der Waals surface area (Å²) in [6, 6.07) is 0. The number of quaternary nitrogens is 2. The molecule has 0 saturated carbocycles. The normalized spacial score (nSPS) is 11.5. The van der Waals surface area contributed by atoms with E-state index in [1.54, 1.807) is 0 Å². The van der Waals surface area contributed by atoms with Gasteiger partial charge in [0.15, 0.2) is 0 Å². The third kappa shape index (κ3) is 31.8. The lowest BCUT2D eigenvalue weighted by Crippen LogP contribution is -2.50. The first-order valence-electron chi connectivity index (χ1n) is 19.9. The fourth-order valence-electron chi connectivity index (χ4n) is 6.00. The van der Waals surface area contributed by atoms with Crippen molar-refractivity contribution < 1.29 is 23.7 Å². The summed E-state index contributed by atoms with van der Waals surface area (Å²) in [5, 5.41) is 19.6. The van der Waals surface area contributed by atoms with Crippen molar-refractivity contribution in [3.63, 3.8) is 0 Å². The standard InChI is InChI=1S/2C16H36N.C6H13BO3/c2*1-5-9-13-17(14-10-6-2,15-11-7-3)16-12-8-4;1-2-3-4-5-6-10-7(8)9/h2*5-16H2,1-4H3;2-6H2,1H3/q2*+1;-2. The molecule has 0 aromatic heterocycles. The van der Waals surface area contributed by atoms with E-state index in [1.807, 2.05) is 0 Å². The van der Waals surface area contributed by atoms with Gasteiger partial charge in [-0.3, -0.25) is 0 Å². The van der Waals surface area contributed by atoms with Crippen LogP contribution in [0.4, 0.5) is 0 Å². The Balaban J connectivity index is -0.000000594. The molecule has 0 N–H and O–H groups in total. The Labute approximate surface area is 280 Å². The number of hydrogen-bond acceptors (Lipinski definition) is 3. The van der Waals surface area contributed by atoms with Crippen LogP contribution >= 0.6 is 0 Å². The van der Waals surface area contributed by atoms with Gasteiger partial charge in [-0.1, -0.05) is 133 Å². The third-order valence-corrected chi connectivity index (χ3v) is 9.14. The summed E-state index contributed by atoms with van der Waals surface area (Å²) in [5.41, 5.74) is 0. The van der Waals surface area contributed by atoms with Crippen LogP contribution in [0.25, 0.3) is 0 Å². The van der Waals surface area contributed by atoms with Crippen molar-refractivity contribution in [3.8, 4) is 0 Å². The molecule has 0 aromatic carbocycles. The highest BCUT2D eigenvalue weighted by molar-refractivity contribution is 6.28. The summed E-state index contributed by atoms with van der Waals surface area (Å²) in [5.74, 6) is 0.